The molecule has 1 unspecified atom stereocenters. The molecule has 0 spiro atoms. The number of aromatic nitrogens is 1. The first-order valence-corrected chi connectivity index (χ1v) is 5.75. The number of rotatable bonds is 2. The zero-order valence-corrected chi connectivity index (χ0v) is 10.3. The van der Waals surface area contributed by atoms with Crippen molar-refractivity contribution in [2.24, 2.45) is 5.92 Å². The van der Waals surface area contributed by atoms with Crippen LogP contribution in [0, 0.1) is 5.92 Å². The van der Waals surface area contributed by atoms with Crippen LogP contribution in [0.3, 0.4) is 0 Å². The molecule has 19 heavy (non-hydrogen) atoms. The molecule has 2 rings (SSSR count). The Balaban J connectivity index is 2.09. The molecule has 3 amide bonds. The standard InChI is InChI=1S/C12H13N3O4/c1-13-12(19)15-10(16)7-2-6-3-8(11(17)18)5-14-9(6)4-7/h3,5,7H,2,4H2,1H3,(H,17,18)(H2,13,15,16,19). The minimum absolute atomic E-state index is 0.103. The van der Waals surface area contributed by atoms with Crippen LogP contribution >= 0.6 is 0 Å². The van der Waals surface area contributed by atoms with Gasteiger partial charge < -0.3 is 10.4 Å². The average molecular weight is 263 g/mol. The molecule has 0 aromatic carbocycles. The number of carbonyl (C=O) groups excluding carboxylic acids is 2. The summed E-state index contributed by atoms with van der Waals surface area (Å²) in [5.41, 5.74) is 1.56. The van der Waals surface area contributed by atoms with E-state index < -0.39 is 12.0 Å². The van der Waals surface area contributed by atoms with Gasteiger partial charge in [-0.3, -0.25) is 15.1 Å². The van der Waals surface area contributed by atoms with E-state index in [9.17, 15) is 14.4 Å². The molecule has 100 valence electrons. The van der Waals surface area contributed by atoms with E-state index in [2.05, 4.69) is 15.6 Å². The van der Waals surface area contributed by atoms with Crippen molar-refractivity contribution in [3.8, 4) is 0 Å². The number of carboxylic acid groups (broad SMARTS) is 1. The predicted molar refractivity (Wildman–Crippen MR) is 64.7 cm³/mol. The molecule has 0 saturated heterocycles. The number of nitrogens with zero attached hydrogens (tertiary/aromatic N) is 1. The lowest BCUT2D eigenvalue weighted by molar-refractivity contribution is -0.123. The monoisotopic (exact) mass is 263 g/mol. The number of amides is 3. The van der Waals surface area contributed by atoms with Gasteiger partial charge in [0.2, 0.25) is 5.91 Å². The van der Waals surface area contributed by atoms with Crippen LogP contribution in [0.4, 0.5) is 4.79 Å². The number of pyridine rings is 1. The third-order valence-corrected chi connectivity index (χ3v) is 3.05. The maximum absolute atomic E-state index is 11.8. The second-order valence-corrected chi connectivity index (χ2v) is 4.31. The summed E-state index contributed by atoms with van der Waals surface area (Å²) >= 11 is 0. The van der Waals surface area contributed by atoms with Crippen molar-refractivity contribution >= 4 is 17.9 Å². The molecule has 7 heteroatoms. The fourth-order valence-corrected chi connectivity index (χ4v) is 2.05. The highest BCUT2D eigenvalue weighted by Crippen LogP contribution is 2.25. The van der Waals surface area contributed by atoms with Gasteiger partial charge in [0.15, 0.2) is 0 Å². The smallest absolute Gasteiger partial charge is 0.337 e. The predicted octanol–water partition coefficient (Wildman–Crippen LogP) is -0.0498. The first-order valence-electron chi connectivity index (χ1n) is 5.75. The number of carboxylic acids is 1. The van der Waals surface area contributed by atoms with Crippen LogP contribution in [0.5, 0.6) is 0 Å². The quantitative estimate of drug-likeness (QED) is 0.693. The fourth-order valence-electron chi connectivity index (χ4n) is 2.05. The molecule has 3 N–H and O–H groups in total. The number of carbonyl (C=O) groups is 3. The minimum atomic E-state index is -1.05. The van der Waals surface area contributed by atoms with Gasteiger partial charge in [-0.15, -0.1) is 0 Å². The minimum Gasteiger partial charge on any atom is -0.478 e. The molecular formula is C12H13N3O4. The van der Waals surface area contributed by atoms with Crippen LogP contribution in [0.1, 0.15) is 21.6 Å². The van der Waals surface area contributed by atoms with Crippen LogP contribution < -0.4 is 10.6 Å². The number of aromatic carboxylic acids is 1. The van der Waals surface area contributed by atoms with Crippen LogP contribution in [-0.4, -0.2) is 35.0 Å². The van der Waals surface area contributed by atoms with E-state index in [1.54, 1.807) is 0 Å². The first-order chi connectivity index (χ1) is 9.01. The SMILES string of the molecule is CNC(=O)NC(=O)C1Cc2cc(C(=O)O)cnc2C1. The molecule has 1 aromatic heterocycles. The van der Waals surface area contributed by atoms with E-state index in [0.29, 0.717) is 18.5 Å². The summed E-state index contributed by atoms with van der Waals surface area (Å²) in [5, 5.41) is 13.4. The third-order valence-electron chi connectivity index (χ3n) is 3.05. The summed E-state index contributed by atoms with van der Waals surface area (Å²) in [4.78, 5) is 37.7. The molecule has 0 aliphatic heterocycles. The van der Waals surface area contributed by atoms with Crippen molar-refractivity contribution in [3.05, 3.63) is 29.1 Å². The zero-order chi connectivity index (χ0) is 14.0. The van der Waals surface area contributed by atoms with E-state index in [4.69, 9.17) is 5.11 Å². The van der Waals surface area contributed by atoms with Gasteiger partial charge in [-0.2, -0.15) is 0 Å². The molecule has 1 aliphatic rings. The van der Waals surface area contributed by atoms with Gasteiger partial charge in [-0.1, -0.05) is 0 Å². The summed E-state index contributed by atoms with van der Waals surface area (Å²) in [6.07, 6.45) is 2.09. The highest BCUT2D eigenvalue weighted by molar-refractivity contribution is 5.96. The van der Waals surface area contributed by atoms with Crippen LogP contribution in [0.2, 0.25) is 0 Å². The maximum Gasteiger partial charge on any atom is 0.337 e. The number of urea groups is 1. The molecule has 1 aliphatic carbocycles. The van der Waals surface area contributed by atoms with Gasteiger partial charge in [0.05, 0.1) is 5.56 Å². The third kappa shape index (κ3) is 2.70. The van der Waals surface area contributed by atoms with Gasteiger partial charge in [0, 0.05) is 31.3 Å². The number of hydrogen-bond acceptors (Lipinski definition) is 4. The number of imide groups is 1. The van der Waals surface area contributed by atoms with Crippen LogP contribution in [0.15, 0.2) is 12.3 Å². The summed E-state index contributed by atoms with van der Waals surface area (Å²) in [6.45, 7) is 0. The van der Waals surface area contributed by atoms with Crippen LogP contribution in [0.25, 0.3) is 0 Å². The van der Waals surface area contributed by atoms with Crippen molar-refractivity contribution in [2.75, 3.05) is 7.05 Å². The van der Waals surface area contributed by atoms with Crippen LogP contribution in [-0.2, 0) is 17.6 Å². The molecule has 7 nitrogen and oxygen atoms in total. The van der Waals surface area contributed by atoms with E-state index in [-0.39, 0.29) is 17.4 Å². The molecule has 0 bridgehead atoms. The number of hydrogen-bond donors (Lipinski definition) is 3. The summed E-state index contributed by atoms with van der Waals surface area (Å²) in [7, 11) is 1.42. The topological polar surface area (TPSA) is 108 Å². The van der Waals surface area contributed by atoms with Crippen molar-refractivity contribution in [3.63, 3.8) is 0 Å². The average Bonchev–Trinajstić information content (AvgIpc) is 2.81. The Hall–Kier alpha value is -2.44. The Kier molecular flexibility index (Phi) is 3.46. The fraction of sp³-hybridized carbons (Fsp3) is 0.333. The largest absolute Gasteiger partial charge is 0.478 e. The Labute approximate surface area is 109 Å². The number of nitrogens with one attached hydrogen (secondary N) is 2. The molecular weight excluding hydrogens is 250 g/mol. The summed E-state index contributed by atoms with van der Waals surface area (Å²) in [6, 6.07) is 0.970. The van der Waals surface area contributed by atoms with Crippen molar-refractivity contribution < 1.29 is 19.5 Å². The lowest BCUT2D eigenvalue weighted by Crippen LogP contribution is -2.41. The van der Waals surface area contributed by atoms with E-state index in [0.717, 1.165) is 5.56 Å². The Morgan fingerprint density at radius 3 is 2.74 bits per heavy atom. The van der Waals surface area contributed by atoms with Gasteiger partial charge in [-0.25, -0.2) is 9.59 Å². The van der Waals surface area contributed by atoms with Crippen molar-refractivity contribution in [2.45, 2.75) is 12.8 Å². The second-order valence-electron chi connectivity index (χ2n) is 4.31. The van der Waals surface area contributed by atoms with Gasteiger partial charge >= 0.3 is 12.0 Å². The summed E-state index contributed by atoms with van der Waals surface area (Å²) < 4.78 is 0. The second kappa shape index (κ2) is 5.05. The van der Waals surface area contributed by atoms with E-state index in [1.165, 1.54) is 19.3 Å². The van der Waals surface area contributed by atoms with E-state index in [1.807, 2.05) is 0 Å². The first kappa shape index (κ1) is 13.0. The highest BCUT2D eigenvalue weighted by Gasteiger charge is 2.29. The number of fused-ring (bicyclic) bond motifs is 1. The molecule has 1 atom stereocenters. The van der Waals surface area contributed by atoms with Gasteiger partial charge in [0.1, 0.15) is 0 Å². The Morgan fingerprint density at radius 2 is 2.11 bits per heavy atom. The summed E-state index contributed by atoms with van der Waals surface area (Å²) in [5.74, 6) is -1.81. The van der Waals surface area contributed by atoms with E-state index >= 15 is 0 Å². The molecule has 0 radical (unpaired) electrons. The lowest BCUT2D eigenvalue weighted by Gasteiger charge is -2.08. The lowest BCUT2D eigenvalue weighted by atomic mass is 10.1. The Morgan fingerprint density at radius 1 is 1.37 bits per heavy atom. The molecule has 1 heterocycles. The van der Waals surface area contributed by atoms with Gasteiger partial charge in [-0.05, 0) is 18.1 Å². The molecule has 0 saturated carbocycles. The zero-order valence-electron chi connectivity index (χ0n) is 10.3. The van der Waals surface area contributed by atoms with Gasteiger partial charge in [0.25, 0.3) is 0 Å². The molecule has 0 fully saturated rings. The molecule has 1 aromatic rings. The van der Waals surface area contributed by atoms with Crippen molar-refractivity contribution in [1.82, 2.24) is 15.6 Å². The normalized spacial score (nSPS) is 16.6. The van der Waals surface area contributed by atoms with Crippen molar-refractivity contribution in [1.29, 1.82) is 0 Å². The highest BCUT2D eigenvalue weighted by atomic mass is 16.4. The Bertz CT molecular complexity index is 556. The maximum atomic E-state index is 11.8.